The number of phosphoric acid groups is 1. The average molecular weight is 282 g/mol. The van der Waals surface area contributed by atoms with Gasteiger partial charge in [0, 0.05) is 12.5 Å². The van der Waals surface area contributed by atoms with E-state index in [0.29, 0.717) is 13.0 Å². The van der Waals surface area contributed by atoms with E-state index in [1.54, 1.807) is 0 Å². The normalized spacial score (nSPS) is 14.2. The molecule has 0 heterocycles. The summed E-state index contributed by atoms with van der Waals surface area (Å²) in [4.78, 5) is 21.0. The summed E-state index contributed by atoms with van der Waals surface area (Å²) < 4.78 is 25.4. The fourth-order valence-corrected chi connectivity index (χ4v) is 1.63. The molecule has 0 aromatic rings. The second kappa shape index (κ2) is 9.24. The highest BCUT2D eigenvalue weighted by atomic mass is 31.2. The highest BCUT2D eigenvalue weighted by Crippen LogP contribution is 2.42. The zero-order valence-corrected chi connectivity index (χ0v) is 11.7. The SMILES string of the molecule is C=CC(=O)OCCCOP(=O)(O)OCC[NH+](C)C. The number of nitrogens with one attached hydrogen (secondary N) is 1. The van der Waals surface area contributed by atoms with Gasteiger partial charge < -0.3 is 14.5 Å². The summed E-state index contributed by atoms with van der Waals surface area (Å²) in [7, 11) is -0.187. The molecule has 0 bridgehead atoms. The van der Waals surface area contributed by atoms with Gasteiger partial charge in [-0.15, -0.1) is 0 Å². The van der Waals surface area contributed by atoms with Crippen LogP contribution in [-0.4, -0.2) is 51.3 Å². The third-order valence-electron chi connectivity index (χ3n) is 1.81. The predicted molar refractivity (Wildman–Crippen MR) is 65.2 cm³/mol. The maximum Gasteiger partial charge on any atom is 0.472 e. The molecule has 2 N–H and O–H groups in total. The molecule has 18 heavy (non-hydrogen) atoms. The first-order chi connectivity index (χ1) is 8.37. The molecule has 0 saturated carbocycles. The molecule has 0 spiro atoms. The van der Waals surface area contributed by atoms with Gasteiger partial charge in [-0.3, -0.25) is 9.05 Å². The Labute approximate surface area is 107 Å². The third-order valence-corrected chi connectivity index (χ3v) is 2.83. The lowest BCUT2D eigenvalue weighted by molar-refractivity contribution is -0.858. The summed E-state index contributed by atoms with van der Waals surface area (Å²) in [6.07, 6.45) is 1.36. The van der Waals surface area contributed by atoms with E-state index in [0.717, 1.165) is 11.0 Å². The maximum atomic E-state index is 11.3. The molecule has 0 saturated heterocycles. The van der Waals surface area contributed by atoms with E-state index >= 15 is 0 Å². The quantitative estimate of drug-likeness (QED) is 0.240. The van der Waals surface area contributed by atoms with Gasteiger partial charge in [-0.2, -0.15) is 0 Å². The number of likely N-dealkylation sites (N-methyl/N-ethyl adjacent to an activating group) is 1. The third kappa shape index (κ3) is 10.4. The molecule has 8 heteroatoms. The fourth-order valence-electron chi connectivity index (χ4n) is 0.873. The predicted octanol–water partition coefficient (Wildman–Crippen LogP) is -0.616. The Hall–Kier alpha value is -0.720. The smallest absolute Gasteiger partial charge is 0.462 e. The molecular weight excluding hydrogens is 261 g/mol. The van der Waals surface area contributed by atoms with Gasteiger partial charge in [0.2, 0.25) is 0 Å². The van der Waals surface area contributed by atoms with Gasteiger partial charge in [-0.05, 0) is 0 Å². The van der Waals surface area contributed by atoms with Crippen LogP contribution in [0.4, 0.5) is 0 Å². The van der Waals surface area contributed by atoms with Crippen molar-refractivity contribution in [2.45, 2.75) is 6.42 Å². The van der Waals surface area contributed by atoms with Crippen molar-refractivity contribution in [3.63, 3.8) is 0 Å². The Kier molecular flexibility index (Phi) is 8.87. The fraction of sp³-hybridized carbons (Fsp3) is 0.700. The minimum atomic E-state index is -3.99. The van der Waals surface area contributed by atoms with Crippen molar-refractivity contribution in [2.24, 2.45) is 0 Å². The Morgan fingerprint density at radius 1 is 1.33 bits per heavy atom. The van der Waals surface area contributed by atoms with Gasteiger partial charge in [-0.25, -0.2) is 9.36 Å². The van der Waals surface area contributed by atoms with Gasteiger partial charge in [-0.1, -0.05) is 6.58 Å². The van der Waals surface area contributed by atoms with Crippen LogP contribution in [0, 0.1) is 0 Å². The van der Waals surface area contributed by atoms with Crippen molar-refractivity contribution in [3.8, 4) is 0 Å². The summed E-state index contributed by atoms with van der Waals surface area (Å²) in [5.74, 6) is -0.535. The first-order valence-electron chi connectivity index (χ1n) is 5.57. The topological polar surface area (TPSA) is 86.5 Å². The molecule has 7 nitrogen and oxygen atoms in total. The van der Waals surface area contributed by atoms with E-state index < -0.39 is 13.8 Å². The Morgan fingerprint density at radius 2 is 1.94 bits per heavy atom. The molecule has 0 aromatic carbocycles. The zero-order valence-electron chi connectivity index (χ0n) is 10.8. The molecular formula is C10H21NO6P+. The van der Waals surface area contributed by atoms with Crippen LogP contribution >= 0.6 is 7.82 Å². The highest BCUT2D eigenvalue weighted by Gasteiger charge is 2.20. The molecule has 106 valence electrons. The summed E-state index contributed by atoms with van der Waals surface area (Å²) in [5, 5.41) is 0. The number of phosphoric ester groups is 1. The van der Waals surface area contributed by atoms with Crippen LogP contribution in [0.5, 0.6) is 0 Å². The van der Waals surface area contributed by atoms with E-state index in [4.69, 9.17) is 4.52 Å². The van der Waals surface area contributed by atoms with Crippen LogP contribution in [0.1, 0.15) is 6.42 Å². The van der Waals surface area contributed by atoms with Crippen LogP contribution in [0.15, 0.2) is 12.7 Å². The number of quaternary nitrogens is 1. The lowest BCUT2D eigenvalue weighted by Crippen LogP contribution is -3.06. The van der Waals surface area contributed by atoms with Crippen molar-refractivity contribution >= 4 is 13.8 Å². The van der Waals surface area contributed by atoms with E-state index in [-0.39, 0.29) is 19.8 Å². The maximum absolute atomic E-state index is 11.3. The van der Waals surface area contributed by atoms with Crippen LogP contribution in [0.2, 0.25) is 0 Å². The largest absolute Gasteiger partial charge is 0.472 e. The molecule has 0 aromatic heterocycles. The molecule has 0 aliphatic carbocycles. The minimum absolute atomic E-state index is 0.0208. The summed E-state index contributed by atoms with van der Waals surface area (Å²) >= 11 is 0. The molecule has 0 fully saturated rings. The highest BCUT2D eigenvalue weighted by molar-refractivity contribution is 7.47. The summed E-state index contributed by atoms with van der Waals surface area (Å²) in [6.45, 7) is 4.06. The van der Waals surface area contributed by atoms with Crippen molar-refractivity contribution in [3.05, 3.63) is 12.7 Å². The number of hydrogen-bond acceptors (Lipinski definition) is 5. The van der Waals surface area contributed by atoms with Gasteiger partial charge >= 0.3 is 13.8 Å². The number of rotatable bonds is 10. The molecule has 0 amide bonds. The second-order valence-electron chi connectivity index (χ2n) is 3.82. The van der Waals surface area contributed by atoms with Crippen LogP contribution < -0.4 is 4.90 Å². The van der Waals surface area contributed by atoms with Crippen LogP contribution in [0.3, 0.4) is 0 Å². The lowest BCUT2D eigenvalue weighted by Gasteiger charge is -2.13. The van der Waals surface area contributed by atoms with Crippen molar-refractivity contribution in [2.75, 3.05) is 40.5 Å². The van der Waals surface area contributed by atoms with Gasteiger partial charge in [0.1, 0.15) is 13.2 Å². The number of carbonyl (C=O) groups is 1. The molecule has 1 unspecified atom stereocenters. The Morgan fingerprint density at radius 3 is 2.50 bits per heavy atom. The Bertz CT molecular complexity index is 307. The summed E-state index contributed by atoms with van der Waals surface area (Å²) in [6, 6.07) is 0. The number of esters is 1. The lowest BCUT2D eigenvalue weighted by atomic mass is 10.5. The molecule has 0 aliphatic rings. The standard InChI is InChI=1S/C10H20NO6P/c1-4-10(12)15-7-5-8-16-18(13,14)17-9-6-11(2)3/h4H,1,5-9H2,2-3H3,(H,13,14)/p+1. The van der Waals surface area contributed by atoms with E-state index in [1.165, 1.54) is 0 Å². The average Bonchev–Trinajstić information content (AvgIpc) is 2.27. The molecule has 0 rings (SSSR count). The summed E-state index contributed by atoms with van der Waals surface area (Å²) in [5.41, 5.74) is 0. The molecule has 1 atom stereocenters. The van der Waals surface area contributed by atoms with Gasteiger partial charge in [0.15, 0.2) is 0 Å². The Balaban J connectivity index is 3.61. The molecule has 0 aliphatic heterocycles. The van der Waals surface area contributed by atoms with Crippen molar-refractivity contribution in [1.29, 1.82) is 0 Å². The van der Waals surface area contributed by atoms with Crippen molar-refractivity contribution in [1.82, 2.24) is 0 Å². The monoisotopic (exact) mass is 282 g/mol. The van der Waals surface area contributed by atoms with Crippen LogP contribution in [0.25, 0.3) is 0 Å². The van der Waals surface area contributed by atoms with Gasteiger partial charge in [0.25, 0.3) is 0 Å². The first kappa shape index (κ1) is 17.3. The van der Waals surface area contributed by atoms with Crippen LogP contribution in [-0.2, 0) is 23.1 Å². The molecule has 0 radical (unpaired) electrons. The number of ether oxygens (including phenoxy) is 1. The van der Waals surface area contributed by atoms with E-state index in [1.807, 2.05) is 14.1 Å². The zero-order chi connectivity index (χ0) is 14.0. The first-order valence-corrected chi connectivity index (χ1v) is 7.07. The van der Waals surface area contributed by atoms with Gasteiger partial charge in [0.05, 0.1) is 27.3 Å². The second-order valence-corrected chi connectivity index (χ2v) is 5.27. The van der Waals surface area contributed by atoms with Crippen molar-refractivity contribution < 1.29 is 32.9 Å². The van der Waals surface area contributed by atoms with E-state index in [2.05, 4.69) is 15.8 Å². The number of carbonyl (C=O) groups excluding carboxylic acids is 1. The van der Waals surface area contributed by atoms with E-state index in [9.17, 15) is 14.3 Å². The number of hydrogen-bond donors (Lipinski definition) is 2. The minimum Gasteiger partial charge on any atom is -0.462 e.